The third kappa shape index (κ3) is 4.38. The SMILES string of the molecule is CCOc1c(Cl)cc(C(=O)Oc2ccc3c(c2)OC(N)=C(C#N)C3c2ccccc2F)cc1Cl. The highest BCUT2D eigenvalue weighted by molar-refractivity contribution is 6.37. The van der Waals surface area contributed by atoms with Crippen LogP contribution in [-0.4, -0.2) is 12.6 Å². The Bertz CT molecular complexity index is 1340. The van der Waals surface area contributed by atoms with Crippen LogP contribution in [0.5, 0.6) is 17.2 Å². The Morgan fingerprint density at radius 3 is 2.50 bits per heavy atom. The summed E-state index contributed by atoms with van der Waals surface area (Å²) in [5.74, 6) is -1.47. The molecule has 3 aromatic rings. The second kappa shape index (κ2) is 9.64. The van der Waals surface area contributed by atoms with Crippen molar-refractivity contribution in [1.82, 2.24) is 0 Å². The second-order valence-electron chi connectivity index (χ2n) is 7.24. The van der Waals surface area contributed by atoms with Crippen LogP contribution in [-0.2, 0) is 0 Å². The van der Waals surface area contributed by atoms with Gasteiger partial charge in [0.15, 0.2) is 5.75 Å². The normalized spacial score (nSPS) is 14.6. The van der Waals surface area contributed by atoms with Crippen LogP contribution in [0.15, 0.2) is 66.1 Å². The van der Waals surface area contributed by atoms with Crippen molar-refractivity contribution in [3.63, 3.8) is 0 Å². The zero-order valence-corrected chi connectivity index (χ0v) is 19.3. The Balaban J connectivity index is 1.67. The van der Waals surface area contributed by atoms with E-state index < -0.39 is 17.7 Å². The van der Waals surface area contributed by atoms with Gasteiger partial charge in [0.1, 0.15) is 29.0 Å². The van der Waals surface area contributed by atoms with Gasteiger partial charge in [-0.15, -0.1) is 0 Å². The van der Waals surface area contributed by atoms with E-state index in [1.165, 1.54) is 30.3 Å². The molecule has 1 heterocycles. The second-order valence-corrected chi connectivity index (χ2v) is 8.05. The molecule has 4 rings (SSSR count). The molecular formula is C25H17Cl2FN2O4. The topological polar surface area (TPSA) is 94.6 Å². The van der Waals surface area contributed by atoms with E-state index in [-0.39, 0.29) is 49.9 Å². The molecule has 172 valence electrons. The van der Waals surface area contributed by atoms with Crippen LogP contribution in [0.4, 0.5) is 4.39 Å². The number of benzene rings is 3. The minimum atomic E-state index is -0.775. The molecule has 1 aliphatic rings. The number of carbonyl (C=O) groups excluding carboxylic acids is 1. The Hall–Kier alpha value is -3.73. The minimum absolute atomic E-state index is 0.0843. The van der Waals surface area contributed by atoms with E-state index in [9.17, 15) is 14.4 Å². The predicted octanol–water partition coefficient (Wildman–Crippen LogP) is 5.97. The molecule has 0 radical (unpaired) electrons. The standard InChI is InChI=1S/C25H17Cl2FN2O4/c1-2-32-23-18(26)9-13(10-19(23)27)25(31)33-14-7-8-16-21(11-14)34-24(30)17(12-29)22(16)15-5-3-4-6-20(15)28/h3-11,22H,2,30H2,1H3. The summed E-state index contributed by atoms with van der Waals surface area (Å²) < 4.78 is 31.0. The summed E-state index contributed by atoms with van der Waals surface area (Å²) >= 11 is 12.3. The summed E-state index contributed by atoms with van der Waals surface area (Å²) in [5.41, 5.74) is 6.94. The van der Waals surface area contributed by atoms with Gasteiger partial charge in [0.25, 0.3) is 0 Å². The van der Waals surface area contributed by atoms with E-state index in [0.717, 1.165) is 0 Å². The van der Waals surface area contributed by atoms with Gasteiger partial charge in [0.05, 0.1) is 28.1 Å². The first kappa shape index (κ1) is 23.4. The van der Waals surface area contributed by atoms with Gasteiger partial charge in [0, 0.05) is 17.2 Å². The van der Waals surface area contributed by atoms with Crippen LogP contribution in [0.3, 0.4) is 0 Å². The van der Waals surface area contributed by atoms with Crippen LogP contribution in [0.25, 0.3) is 0 Å². The first-order valence-corrected chi connectivity index (χ1v) is 10.9. The van der Waals surface area contributed by atoms with Crippen molar-refractivity contribution in [2.24, 2.45) is 5.73 Å². The van der Waals surface area contributed by atoms with Gasteiger partial charge in [-0.25, -0.2) is 9.18 Å². The average Bonchev–Trinajstić information content (AvgIpc) is 2.80. The molecule has 0 amide bonds. The first-order chi connectivity index (χ1) is 16.3. The van der Waals surface area contributed by atoms with E-state index in [1.54, 1.807) is 31.2 Å². The predicted molar refractivity (Wildman–Crippen MR) is 125 cm³/mol. The number of nitrogens with two attached hydrogens (primary N) is 1. The maximum atomic E-state index is 14.6. The number of nitriles is 1. The fourth-order valence-electron chi connectivity index (χ4n) is 3.65. The van der Waals surface area contributed by atoms with Crippen molar-refractivity contribution < 1.29 is 23.4 Å². The molecular weight excluding hydrogens is 482 g/mol. The van der Waals surface area contributed by atoms with Gasteiger partial charge in [0.2, 0.25) is 5.88 Å². The summed E-state index contributed by atoms with van der Waals surface area (Å²) in [6, 6.07) is 15.5. The van der Waals surface area contributed by atoms with Crippen LogP contribution in [0, 0.1) is 17.1 Å². The van der Waals surface area contributed by atoms with E-state index in [1.807, 2.05) is 6.07 Å². The summed E-state index contributed by atoms with van der Waals surface area (Å²) in [6.45, 7) is 2.14. The first-order valence-electron chi connectivity index (χ1n) is 10.1. The Morgan fingerprint density at radius 2 is 1.85 bits per heavy atom. The fourth-order valence-corrected chi connectivity index (χ4v) is 4.25. The molecule has 0 spiro atoms. The number of halogens is 3. The maximum Gasteiger partial charge on any atom is 0.343 e. The highest BCUT2D eigenvalue weighted by Crippen LogP contribution is 2.44. The lowest BCUT2D eigenvalue weighted by atomic mass is 9.83. The largest absolute Gasteiger partial charge is 0.491 e. The molecule has 1 atom stereocenters. The zero-order chi connectivity index (χ0) is 24.4. The highest BCUT2D eigenvalue weighted by atomic mass is 35.5. The number of carbonyl (C=O) groups is 1. The van der Waals surface area contributed by atoms with Crippen LogP contribution < -0.4 is 19.9 Å². The van der Waals surface area contributed by atoms with Crippen molar-refractivity contribution in [3.05, 3.63) is 98.6 Å². The molecule has 0 aromatic heterocycles. The molecule has 1 aliphatic heterocycles. The summed E-state index contributed by atoms with van der Waals surface area (Å²) in [6.07, 6.45) is 0. The lowest BCUT2D eigenvalue weighted by molar-refractivity contribution is 0.0734. The monoisotopic (exact) mass is 498 g/mol. The van der Waals surface area contributed by atoms with Crippen molar-refractivity contribution in [1.29, 1.82) is 5.26 Å². The number of allylic oxidation sites excluding steroid dienone is 1. The van der Waals surface area contributed by atoms with E-state index in [4.69, 9.17) is 43.1 Å². The molecule has 9 heteroatoms. The van der Waals surface area contributed by atoms with Gasteiger partial charge in [-0.2, -0.15) is 5.26 Å². The highest BCUT2D eigenvalue weighted by Gasteiger charge is 2.32. The number of nitrogens with zero attached hydrogens (tertiary/aromatic N) is 1. The molecule has 0 saturated heterocycles. The zero-order valence-electron chi connectivity index (χ0n) is 17.8. The van der Waals surface area contributed by atoms with Crippen molar-refractivity contribution >= 4 is 29.2 Å². The Labute approximate surface area is 204 Å². The molecule has 0 saturated carbocycles. The van der Waals surface area contributed by atoms with Gasteiger partial charge >= 0.3 is 5.97 Å². The molecule has 3 aromatic carbocycles. The summed E-state index contributed by atoms with van der Waals surface area (Å²) in [5, 5.41) is 9.96. The lowest BCUT2D eigenvalue weighted by Gasteiger charge is -2.27. The Kier molecular flexibility index (Phi) is 6.64. The molecule has 0 aliphatic carbocycles. The molecule has 0 bridgehead atoms. The van der Waals surface area contributed by atoms with Crippen molar-refractivity contribution in [3.8, 4) is 23.3 Å². The molecule has 34 heavy (non-hydrogen) atoms. The number of hydrogen-bond acceptors (Lipinski definition) is 6. The average molecular weight is 499 g/mol. The van der Waals surface area contributed by atoms with Crippen LogP contribution in [0.1, 0.15) is 34.3 Å². The fraction of sp³-hybridized carbons (Fsp3) is 0.120. The van der Waals surface area contributed by atoms with E-state index in [2.05, 4.69) is 0 Å². The lowest BCUT2D eigenvalue weighted by Crippen LogP contribution is -2.21. The van der Waals surface area contributed by atoms with Crippen molar-refractivity contribution in [2.75, 3.05) is 6.61 Å². The molecule has 0 fully saturated rings. The van der Waals surface area contributed by atoms with E-state index in [0.29, 0.717) is 12.2 Å². The quantitative estimate of drug-likeness (QED) is 0.344. The molecule has 2 N–H and O–H groups in total. The van der Waals surface area contributed by atoms with Gasteiger partial charge in [-0.1, -0.05) is 47.5 Å². The van der Waals surface area contributed by atoms with Crippen LogP contribution >= 0.6 is 23.2 Å². The third-order valence-corrected chi connectivity index (χ3v) is 5.70. The van der Waals surface area contributed by atoms with E-state index >= 15 is 0 Å². The van der Waals surface area contributed by atoms with Crippen molar-refractivity contribution in [2.45, 2.75) is 12.8 Å². The maximum absolute atomic E-state index is 14.6. The van der Waals surface area contributed by atoms with Crippen LogP contribution in [0.2, 0.25) is 10.0 Å². The molecule has 6 nitrogen and oxygen atoms in total. The number of esters is 1. The van der Waals surface area contributed by atoms with Gasteiger partial charge < -0.3 is 19.9 Å². The third-order valence-electron chi connectivity index (χ3n) is 5.14. The number of hydrogen-bond donors (Lipinski definition) is 1. The van der Waals surface area contributed by atoms with Gasteiger partial charge in [-0.05, 0) is 31.2 Å². The number of ether oxygens (including phenoxy) is 3. The number of rotatable bonds is 5. The summed E-state index contributed by atoms with van der Waals surface area (Å²) in [4.78, 5) is 12.7. The smallest absolute Gasteiger partial charge is 0.343 e. The number of fused-ring (bicyclic) bond motifs is 1. The minimum Gasteiger partial charge on any atom is -0.491 e. The molecule has 1 unspecified atom stereocenters. The van der Waals surface area contributed by atoms with Gasteiger partial charge in [-0.3, -0.25) is 0 Å². The summed E-state index contributed by atoms with van der Waals surface area (Å²) in [7, 11) is 0. The Morgan fingerprint density at radius 1 is 1.15 bits per heavy atom.